The lowest BCUT2D eigenvalue weighted by Gasteiger charge is -2.41. The largest absolute Gasteiger partial charge is 0.376 e. The van der Waals surface area contributed by atoms with E-state index in [-0.39, 0.29) is 24.3 Å². The summed E-state index contributed by atoms with van der Waals surface area (Å²) in [6.45, 7) is 4.40. The van der Waals surface area contributed by atoms with Gasteiger partial charge in [-0.05, 0) is 25.3 Å². The zero-order valence-corrected chi connectivity index (χ0v) is 18.2. The number of nitrogens with zero attached hydrogens (tertiary/aromatic N) is 5. The van der Waals surface area contributed by atoms with Crippen LogP contribution in [0.4, 0.5) is 5.95 Å². The van der Waals surface area contributed by atoms with Gasteiger partial charge in [-0.2, -0.15) is 4.98 Å². The summed E-state index contributed by atoms with van der Waals surface area (Å²) in [6, 6.07) is 10.3. The fourth-order valence-corrected chi connectivity index (χ4v) is 5.48. The lowest BCUT2D eigenvalue weighted by molar-refractivity contribution is 0.0973. The quantitative estimate of drug-likeness (QED) is 0.517. The lowest BCUT2D eigenvalue weighted by Crippen LogP contribution is -2.51. The topological polar surface area (TPSA) is 93.8 Å². The normalized spacial score (nSPS) is 23.0. The molecule has 5 heterocycles. The molecule has 32 heavy (non-hydrogen) atoms. The molecule has 0 saturated carbocycles. The molecule has 0 bridgehead atoms. The van der Waals surface area contributed by atoms with Crippen molar-refractivity contribution in [2.24, 2.45) is 11.1 Å². The minimum Gasteiger partial charge on any atom is -0.376 e. The Kier molecular flexibility index (Phi) is 4.50. The number of fused-ring (bicyclic) bond motifs is 3. The predicted octanol–water partition coefficient (Wildman–Crippen LogP) is 2.63. The molecule has 2 saturated heterocycles. The maximum absolute atomic E-state index is 10.1. The number of hydrogen-bond acceptors (Lipinski definition) is 6. The van der Waals surface area contributed by atoms with Crippen LogP contribution < -0.4 is 10.6 Å². The van der Waals surface area contributed by atoms with E-state index in [2.05, 4.69) is 28.4 Å². The zero-order valence-electron chi connectivity index (χ0n) is 18.2. The highest BCUT2D eigenvalue weighted by atomic mass is 16.5. The van der Waals surface area contributed by atoms with Crippen LogP contribution in [0.5, 0.6) is 0 Å². The van der Waals surface area contributed by atoms with Crippen LogP contribution >= 0.6 is 0 Å². The summed E-state index contributed by atoms with van der Waals surface area (Å²) >= 11 is 0. The van der Waals surface area contributed by atoms with Gasteiger partial charge < -0.3 is 25.0 Å². The Balaban J connectivity index is 1.45. The van der Waals surface area contributed by atoms with Crippen molar-refractivity contribution in [3.05, 3.63) is 48.9 Å². The molecule has 166 valence electrons. The van der Waals surface area contributed by atoms with Gasteiger partial charge >= 0.3 is 0 Å². The molecule has 3 aromatic heterocycles. The van der Waals surface area contributed by atoms with Crippen molar-refractivity contribution in [1.29, 1.82) is 0 Å². The summed E-state index contributed by atoms with van der Waals surface area (Å²) in [6.07, 6.45) is 7.82. The number of nitrogens with two attached hydrogens (primary N) is 1. The molecule has 2 aliphatic heterocycles. The first-order valence-corrected chi connectivity index (χ1v) is 11.3. The maximum atomic E-state index is 10.1. The van der Waals surface area contributed by atoms with E-state index < -0.39 is 0 Å². The van der Waals surface area contributed by atoms with Crippen molar-refractivity contribution in [1.82, 2.24) is 18.9 Å². The van der Waals surface area contributed by atoms with Crippen LogP contribution in [0.1, 0.15) is 19.8 Å². The van der Waals surface area contributed by atoms with Gasteiger partial charge in [0.05, 0.1) is 18.1 Å². The number of aliphatic hydroxyl groups excluding tert-OH is 1. The number of benzene rings is 1. The molecule has 1 spiro atoms. The zero-order chi connectivity index (χ0) is 21.9. The SMILES string of the molecule is C[C@@H]1OCC2(CCN(c3nc4c(c(-c5ccccc5)cn4CO)c4nccn34)CC2)[C@@H]1N. The molecule has 6 rings (SSSR count). The summed E-state index contributed by atoms with van der Waals surface area (Å²) in [4.78, 5) is 12.1. The molecular weight excluding hydrogens is 404 g/mol. The van der Waals surface area contributed by atoms with E-state index in [1.54, 1.807) is 4.57 Å². The van der Waals surface area contributed by atoms with Crippen LogP contribution in [0.15, 0.2) is 48.9 Å². The van der Waals surface area contributed by atoms with Gasteiger partial charge in [-0.25, -0.2) is 4.98 Å². The Morgan fingerprint density at radius 3 is 2.66 bits per heavy atom. The second-order valence-electron chi connectivity index (χ2n) is 9.14. The van der Waals surface area contributed by atoms with E-state index >= 15 is 0 Å². The molecule has 2 fully saturated rings. The van der Waals surface area contributed by atoms with Crippen LogP contribution in [-0.4, -0.2) is 55.9 Å². The highest BCUT2D eigenvalue weighted by molar-refractivity contribution is 6.03. The molecule has 8 heteroatoms. The minimum atomic E-state index is -0.139. The van der Waals surface area contributed by atoms with E-state index in [0.29, 0.717) is 0 Å². The molecule has 0 aliphatic carbocycles. The molecule has 0 radical (unpaired) electrons. The smallest absolute Gasteiger partial charge is 0.213 e. The Morgan fingerprint density at radius 2 is 1.97 bits per heavy atom. The molecule has 2 aliphatic rings. The van der Waals surface area contributed by atoms with Crippen LogP contribution in [-0.2, 0) is 11.5 Å². The van der Waals surface area contributed by atoms with Gasteiger partial charge in [-0.3, -0.25) is 4.40 Å². The monoisotopic (exact) mass is 432 g/mol. The number of rotatable bonds is 3. The Labute approximate surface area is 186 Å². The standard InChI is InChI=1S/C24H28N6O2/c1-16-20(25)24(14-32-16)7-10-28(11-8-24)23-27-22-19(21-26-9-12-30(21)23)18(13-29(22)15-31)17-5-3-2-4-6-17/h2-6,9,12-13,16,20,31H,7-8,10-11,14-15,25H2,1H3/t16-,20+/m0/s1. The average Bonchev–Trinajstić information content (AvgIpc) is 3.53. The first-order valence-electron chi connectivity index (χ1n) is 11.3. The number of imidazole rings is 1. The second-order valence-corrected chi connectivity index (χ2v) is 9.14. The van der Waals surface area contributed by atoms with Gasteiger partial charge in [0, 0.05) is 48.7 Å². The average molecular weight is 433 g/mol. The molecule has 3 N–H and O–H groups in total. The molecular formula is C24H28N6O2. The van der Waals surface area contributed by atoms with Crippen molar-refractivity contribution in [2.45, 2.75) is 38.6 Å². The van der Waals surface area contributed by atoms with Gasteiger partial charge in [0.15, 0.2) is 5.65 Å². The summed E-state index contributed by atoms with van der Waals surface area (Å²) in [5.74, 6) is 0.854. The van der Waals surface area contributed by atoms with E-state index in [1.165, 1.54) is 0 Å². The van der Waals surface area contributed by atoms with Crippen molar-refractivity contribution >= 4 is 22.6 Å². The first kappa shape index (κ1) is 19.7. The number of aromatic nitrogens is 4. The number of hydrogen-bond donors (Lipinski definition) is 2. The molecule has 2 atom stereocenters. The third-order valence-corrected chi connectivity index (χ3v) is 7.46. The van der Waals surface area contributed by atoms with Crippen LogP contribution in [0.2, 0.25) is 0 Å². The van der Waals surface area contributed by atoms with Gasteiger partial charge in [-0.1, -0.05) is 30.3 Å². The number of piperidine rings is 1. The predicted molar refractivity (Wildman–Crippen MR) is 123 cm³/mol. The highest BCUT2D eigenvalue weighted by Gasteiger charge is 2.47. The molecule has 8 nitrogen and oxygen atoms in total. The van der Waals surface area contributed by atoms with Gasteiger partial charge in [0.25, 0.3) is 0 Å². The Hall–Kier alpha value is -2.94. The van der Waals surface area contributed by atoms with Crippen molar-refractivity contribution in [3.8, 4) is 11.1 Å². The van der Waals surface area contributed by atoms with Crippen LogP contribution in [0.3, 0.4) is 0 Å². The maximum Gasteiger partial charge on any atom is 0.213 e. The van der Waals surface area contributed by atoms with Crippen molar-refractivity contribution < 1.29 is 9.84 Å². The Bertz CT molecular complexity index is 1270. The van der Waals surface area contributed by atoms with E-state index in [0.717, 1.165) is 66.3 Å². The van der Waals surface area contributed by atoms with Gasteiger partial charge in [0.1, 0.15) is 12.4 Å². The van der Waals surface area contributed by atoms with E-state index in [1.807, 2.05) is 36.8 Å². The van der Waals surface area contributed by atoms with Crippen molar-refractivity contribution in [2.75, 3.05) is 24.6 Å². The minimum absolute atomic E-state index is 0.0554. The van der Waals surface area contributed by atoms with Crippen LogP contribution in [0.25, 0.3) is 27.8 Å². The third kappa shape index (κ3) is 2.80. The number of aliphatic hydroxyl groups is 1. The van der Waals surface area contributed by atoms with E-state index in [9.17, 15) is 5.11 Å². The number of anilines is 1. The molecule has 0 unspecified atom stereocenters. The molecule has 1 aromatic carbocycles. The fraction of sp³-hybridized carbons (Fsp3) is 0.417. The summed E-state index contributed by atoms with van der Waals surface area (Å²) < 4.78 is 9.75. The second kappa shape index (κ2) is 7.30. The van der Waals surface area contributed by atoms with Gasteiger partial charge in [0.2, 0.25) is 5.95 Å². The first-order chi connectivity index (χ1) is 15.6. The third-order valence-electron chi connectivity index (χ3n) is 7.46. The summed E-state index contributed by atoms with van der Waals surface area (Å²) in [7, 11) is 0. The highest BCUT2D eigenvalue weighted by Crippen LogP contribution is 2.42. The molecule has 4 aromatic rings. The van der Waals surface area contributed by atoms with Crippen molar-refractivity contribution in [3.63, 3.8) is 0 Å². The number of ether oxygens (including phenoxy) is 1. The summed E-state index contributed by atoms with van der Waals surface area (Å²) in [5.41, 5.74) is 10.3. The Morgan fingerprint density at radius 1 is 1.19 bits per heavy atom. The van der Waals surface area contributed by atoms with E-state index in [4.69, 9.17) is 20.4 Å². The fourth-order valence-electron chi connectivity index (χ4n) is 5.48. The lowest BCUT2D eigenvalue weighted by atomic mass is 9.73. The van der Waals surface area contributed by atoms with Crippen LogP contribution in [0, 0.1) is 5.41 Å². The summed E-state index contributed by atoms with van der Waals surface area (Å²) in [5, 5.41) is 11.0. The molecule has 0 amide bonds. The van der Waals surface area contributed by atoms with Gasteiger partial charge in [-0.15, -0.1) is 0 Å².